The van der Waals surface area contributed by atoms with E-state index in [9.17, 15) is 45.3 Å². The van der Waals surface area contributed by atoms with Gasteiger partial charge in [0.2, 0.25) is 0 Å². The predicted molar refractivity (Wildman–Crippen MR) is 137 cm³/mol. The number of carbonyl (C=O) groups excluding carboxylic acids is 2. The van der Waals surface area contributed by atoms with Crippen LogP contribution in [0.3, 0.4) is 0 Å². The summed E-state index contributed by atoms with van der Waals surface area (Å²) in [6.45, 7) is 2.48. The Bertz CT molecular complexity index is 619. The van der Waals surface area contributed by atoms with Gasteiger partial charge in [-0.05, 0) is 25.7 Å². The molecule has 0 aromatic carbocycles. The summed E-state index contributed by atoms with van der Waals surface area (Å²) in [6.07, 6.45) is -5.37. The highest BCUT2D eigenvalue weighted by molar-refractivity contribution is 5.70. The minimum absolute atomic E-state index is 0.0598. The maximum absolute atomic E-state index is 12.4. The molecular weight excluding hydrogens is 504 g/mol. The zero-order valence-corrected chi connectivity index (χ0v) is 22.7. The summed E-state index contributed by atoms with van der Waals surface area (Å²) in [4.78, 5) is 24.4. The molecule has 0 spiro atoms. The normalized spacial score (nSPS) is 18.1. The third-order valence-corrected chi connectivity index (χ3v) is 6.19. The monoisotopic (exact) mass is 554 g/mol. The zero-order valence-electron chi connectivity index (χ0n) is 22.7. The second-order valence-electron chi connectivity index (χ2n) is 9.93. The number of rotatable bonds is 23. The molecule has 0 fully saturated rings. The lowest BCUT2D eigenvalue weighted by Gasteiger charge is -2.25. The molecule has 0 heterocycles. The Hall–Kier alpha value is -1.38. The van der Waals surface area contributed by atoms with Crippen LogP contribution in [0.25, 0.3) is 0 Å². The predicted octanol–water partition coefficient (Wildman–Crippen LogP) is -0.319. The van der Waals surface area contributed by atoms with Crippen LogP contribution in [0.4, 0.5) is 0 Å². The van der Waals surface area contributed by atoms with Crippen molar-refractivity contribution in [3.05, 3.63) is 0 Å². The van der Waals surface area contributed by atoms with E-state index in [0.717, 1.165) is 38.5 Å². The van der Waals surface area contributed by atoms with Crippen LogP contribution in [0.15, 0.2) is 0 Å². The van der Waals surface area contributed by atoms with Crippen LogP contribution in [0.5, 0.6) is 0 Å². The van der Waals surface area contributed by atoms with E-state index in [1.165, 1.54) is 0 Å². The maximum Gasteiger partial charge on any atom is 0.308 e. The van der Waals surface area contributed by atoms with Crippen LogP contribution < -0.4 is 0 Å². The second kappa shape index (κ2) is 21.4. The molecule has 0 amide bonds. The number of esters is 2. The van der Waals surface area contributed by atoms with Crippen LogP contribution in [0, 0.1) is 0 Å². The molecule has 8 N–H and O–H groups in total. The molecule has 0 saturated heterocycles. The number of hydrogen-bond donors (Lipinski definition) is 8. The molecule has 0 aliphatic heterocycles. The number of unbranched alkanes of at least 4 members (excludes halogenated alkanes) is 4. The number of aliphatic hydroxyl groups is 8. The van der Waals surface area contributed by atoms with Crippen molar-refractivity contribution in [2.24, 2.45) is 0 Å². The van der Waals surface area contributed by atoms with Gasteiger partial charge >= 0.3 is 11.9 Å². The summed E-state index contributed by atoms with van der Waals surface area (Å²) >= 11 is 0. The molecule has 38 heavy (non-hydrogen) atoms. The molecule has 12 heteroatoms. The van der Waals surface area contributed by atoms with Crippen molar-refractivity contribution in [3.63, 3.8) is 0 Å². The number of aliphatic hydroxyl groups excluding tert-OH is 8. The van der Waals surface area contributed by atoms with Crippen molar-refractivity contribution >= 4 is 11.9 Å². The zero-order chi connectivity index (χ0) is 29.1. The Morgan fingerprint density at radius 3 is 1.76 bits per heavy atom. The first-order chi connectivity index (χ1) is 17.9. The van der Waals surface area contributed by atoms with E-state index in [2.05, 4.69) is 0 Å². The molecule has 0 aliphatic carbocycles. The van der Waals surface area contributed by atoms with E-state index in [1.54, 1.807) is 0 Å². The van der Waals surface area contributed by atoms with Crippen molar-refractivity contribution in [2.45, 2.75) is 140 Å². The average molecular weight is 555 g/mol. The van der Waals surface area contributed by atoms with E-state index in [4.69, 9.17) is 14.6 Å². The first-order valence-corrected chi connectivity index (χ1v) is 13.7. The molecule has 0 aromatic heterocycles. The average Bonchev–Trinajstić information content (AvgIpc) is 2.85. The van der Waals surface area contributed by atoms with Gasteiger partial charge in [-0.2, -0.15) is 0 Å². The third kappa shape index (κ3) is 17.3. The standard InChI is InChI=1S/C26H50O12/c1-3-5-7-9-17(28)11-18(29)14-24(34)38-20(10-8-6-4-2)12-19(30)13-23(33)37-16-22(32)26(36)25(35)21(31)15-27/h17-22,25-32,35-36H,3-16H2,1-2H3/t17-,18-,19-,20+,21-,22-,25+,26-/m0/s1. The van der Waals surface area contributed by atoms with Gasteiger partial charge in [0.05, 0.1) is 37.8 Å². The van der Waals surface area contributed by atoms with Crippen molar-refractivity contribution in [2.75, 3.05) is 13.2 Å². The minimum atomic E-state index is -1.88. The lowest BCUT2D eigenvalue weighted by Crippen LogP contribution is -2.47. The second-order valence-corrected chi connectivity index (χ2v) is 9.93. The molecule has 0 unspecified atom stereocenters. The topological polar surface area (TPSA) is 214 Å². The van der Waals surface area contributed by atoms with E-state index >= 15 is 0 Å². The minimum Gasteiger partial charge on any atom is -0.463 e. The SMILES string of the molecule is CCCCC[C@H](O)C[C@H](O)CC(=O)O[C@H](CCCCC)C[C@H](O)CC(=O)OC[C@H](O)[C@H](O)[C@H](O)[C@@H](O)CO. The lowest BCUT2D eigenvalue weighted by molar-refractivity contribution is -0.159. The first kappa shape index (κ1) is 36.6. The van der Waals surface area contributed by atoms with Crippen molar-refractivity contribution < 1.29 is 59.9 Å². The molecule has 12 nitrogen and oxygen atoms in total. The lowest BCUT2D eigenvalue weighted by atomic mass is 10.0. The van der Waals surface area contributed by atoms with Crippen LogP contribution in [-0.4, -0.2) is 115 Å². The van der Waals surface area contributed by atoms with E-state index in [-0.39, 0.29) is 19.3 Å². The first-order valence-electron chi connectivity index (χ1n) is 13.7. The fourth-order valence-corrected chi connectivity index (χ4v) is 3.90. The number of hydrogen-bond acceptors (Lipinski definition) is 12. The molecule has 8 atom stereocenters. The molecule has 0 radical (unpaired) electrons. The molecule has 0 aliphatic rings. The maximum atomic E-state index is 12.4. The summed E-state index contributed by atoms with van der Waals surface area (Å²) in [5.41, 5.74) is 0. The summed E-state index contributed by atoms with van der Waals surface area (Å²) in [7, 11) is 0. The van der Waals surface area contributed by atoms with Gasteiger partial charge in [0.15, 0.2) is 0 Å². The number of ether oxygens (including phenoxy) is 2. The molecule has 0 aromatic rings. The molecular formula is C26H50O12. The van der Waals surface area contributed by atoms with Gasteiger partial charge < -0.3 is 50.3 Å². The van der Waals surface area contributed by atoms with Gasteiger partial charge in [-0.25, -0.2) is 0 Å². The van der Waals surface area contributed by atoms with Crippen LogP contribution in [-0.2, 0) is 19.1 Å². The largest absolute Gasteiger partial charge is 0.463 e. The Morgan fingerprint density at radius 2 is 1.18 bits per heavy atom. The van der Waals surface area contributed by atoms with Crippen molar-refractivity contribution in [1.29, 1.82) is 0 Å². The molecule has 0 bridgehead atoms. The van der Waals surface area contributed by atoms with Crippen molar-refractivity contribution in [1.82, 2.24) is 0 Å². The van der Waals surface area contributed by atoms with Gasteiger partial charge in [0.1, 0.15) is 37.1 Å². The van der Waals surface area contributed by atoms with Gasteiger partial charge in [0.25, 0.3) is 0 Å². The smallest absolute Gasteiger partial charge is 0.308 e. The Morgan fingerprint density at radius 1 is 0.658 bits per heavy atom. The Labute approximate surface area is 225 Å². The van der Waals surface area contributed by atoms with Gasteiger partial charge in [-0.15, -0.1) is 0 Å². The van der Waals surface area contributed by atoms with Gasteiger partial charge in [-0.3, -0.25) is 9.59 Å². The fraction of sp³-hybridized carbons (Fsp3) is 0.923. The quantitative estimate of drug-likeness (QED) is 0.0603. The summed E-state index contributed by atoms with van der Waals surface area (Å²) < 4.78 is 10.3. The molecule has 0 rings (SSSR count). The number of carbonyl (C=O) groups is 2. The van der Waals surface area contributed by atoms with Crippen LogP contribution in [0.1, 0.15) is 90.9 Å². The fourth-order valence-electron chi connectivity index (χ4n) is 3.90. The van der Waals surface area contributed by atoms with Crippen LogP contribution >= 0.6 is 0 Å². The summed E-state index contributed by atoms with van der Waals surface area (Å²) in [5.74, 6) is -1.58. The van der Waals surface area contributed by atoms with Crippen molar-refractivity contribution in [3.8, 4) is 0 Å². The summed E-state index contributed by atoms with van der Waals surface area (Å²) in [6, 6.07) is 0. The van der Waals surface area contributed by atoms with Gasteiger partial charge in [0, 0.05) is 6.42 Å². The van der Waals surface area contributed by atoms with Gasteiger partial charge in [-0.1, -0.05) is 46.0 Å². The van der Waals surface area contributed by atoms with E-state index in [0.29, 0.717) is 12.8 Å². The third-order valence-electron chi connectivity index (χ3n) is 6.19. The Kier molecular flexibility index (Phi) is 20.7. The summed E-state index contributed by atoms with van der Waals surface area (Å²) in [5, 5.41) is 77.8. The molecule has 0 saturated carbocycles. The van der Waals surface area contributed by atoms with E-state index in [1.807, 2.05) is 13.8 Å². The van der Waals surface area contributed by atoms with E-state index < -0.39 is 80.4 Å². The highest BCUT2D eigenvalue weighted by Crippen LogP contribution is 2.17. The highest BCUT2D eigenvalue weighted by Gasteiger charge is 2.31. The van der Waals surface area contributed by atoms with Crippen LogP contribution in [0.2, 0.25) is 0 Å². The highest BCUT2D eigenvalue weighted by atomic mass is 16.6. The Balaban J connectivity index is 4.69. The molecule has 226 valence electrons.